The van der Waals surface area contributed by atoms with E-state index in [0.29, 0.717) is 6.54 Å². The number of hydrogen-bond donors (Lipinski definition) is 2. The fourth-order valence-corrected chi connectivity index (χ4v) is 2.97. The number of ether oxygens (including phenoxy) is 2. The van der Waals surface area contributed by atoms with E-state index in [0.717, 1.165) is 48.2 Å². The molecule has 31 heavy (non-hydrogen) atoms. The number of benzene rings is 2. The van der Waals surface area contributed by atoms with E-state index in [1.807, 2.05) is 42.5 Å². The Morgan fingerprint density at radius 3 is 2.39 bits per heavy atom. The maximum atomic E-state index is 5.37. The third-order valence-corrected chi connectivity index (χ3v) is 4.54. The summed E-state index contributed by atoms with van der Waals surface area (Å²) in [5.41, 5.74) is 3.26. The number of guanidine groups is 1. The average molecular weight is 536 g/mol. The van der Waals surface area contributed by atoms with Crippen molar-refractivity contribution in [2.24, 2.45) is 4.99 Å². The molecule has 0 unspecified atom stereocenters. The Bertz CT molecular complexity index is 945. The molecule has 0 atom stereocenters. The number of aliphatic imine (C=N–C) groups is 1. The summed E-state index contributed by atoms with van der Waals surface area (Å²) in [6.45, 7) is 4.20. The fourth-order valence-electron chi connectivity index (χ4n) is 2.97. The number of nitrogens with zero attached hydrogens (tertiary/aromatic N) is 4. The van der Waals surface area contributed by atoms with Gasteiger partial charge in [-0.15, -0.1) is 24.0 Å². The lowest BCUT2D eigenvalue weighted by Crippen LogP contribution is -2.38. The van der Waals surface area contributed by atoms with Gasteiger partial charge in [-0.3, -0.25) is 0 Å². The second kappa shape index (κ2) is 12.8. The van der Waals surface area contributed by atoms with Crippen LogP contribution in [-0.2, 0) is 13.0 Å². The summed E-state index contributed by atoms with van der Waals surface area (Å²) in [6, 6.07) is 14.1. The van der Waals surface area contributed by atoms with Gasteiger partial charge in [-0.25, -0.2) is 14.7 Å². The molecule has 1 aromatic heterocycles. The van der Waals surface area contributed by atoms with Gasteiger partial charge in [0.25, 0.3) is 0 Å². The van der Waals surface area contributed by atoms with Crippen molar-refractivity contribution < 1.29 is 9.47 Å². The molecule has 2 N–H and O–H groups in total. The molecule has 1 heterocycles. The van der Waals surface area contributed by atoms with E-state index < -0.39 is 0 Å². The van der Waals surface area contributed by atoms with Crippen LogP contribution in [0, 0.1) is 0 Å². The summed E-state index contributed by atoms with van der Waals surface area (Å²) >= 11 is 0. The molecule has 0 aliphatic carbocycles. The Morgan fingerprint density at radius 1 is 1.00 bits per heavy atom. The Balaban J connectivity index is 0.00000341. The third-order valence-electron chi connectivity index (χ3n) is 4.54. The van der Waals surface area contributed by atoms with E-state index in [4.69, 9.17) is 9.47 Å². The van der Waals surface area contributed by atoms with Crippen LogP contribution in [0.3, 0.4) is 0 Å². The van der Waals surface area contributed by atoms with Crippen molar-refractivity contribution in [1.82, 2.24) is 25.4 Å². The number of halogens is 1. The van der Waals surface area contributed by atoms with Crippen LogP contribution in [0.15, 0.2) is 60.1 Å². The van der Waals surface area contributed by atoms with Crippen LogP contribution in [0.5, 0.6) is 11.5 Å². The summed E-state index contributed by atoms with van der Waals surface area (Å²) in [7, 11) is 3.29. The Kier molecular flexibility index (Phi) is 10.1. The van der Waals surface area contributed by atoms with E-state index in [1.165, 1.54) is 11.9 Å². The van der Waals surface area contributed by atoms with Gasteiger partial charge in [0.05, 0.1) is 26.5 Å². The molecule has 0 fully saturated rings. The van der Waals surface area contributed by atoms with Crippen LogP contribution < -0.4 is 20.1 Å². The van der Waals surface area contributed by atoms with Crippen molar-refractivity contribution in [3.8, 4) is 17.2 Å². The van der Waals surface area contributed by atoms with E-state index >= 15 is 0 Å². The fraction of sp³-hybridized carbons (Fsp3) is 0.318. The van der Waals surface area contributed by atoms with Crippen molar-refractivity contribution in [2.45, 2.75) is 19.9 Å². The minimum Gasteiger partial charge on any atom is -0.493 e. The molecule has 2 aromatic carbocycles. The first-order chi connectivity index (χ1) is 14.7. The second-order valence-corrected chi connectivity index (χ2v) is 6.57. The minimum absolute atomic E-state index is 0. The number of methoxy groups -OCH3 is 2. The molecule has 0 saturated carbocycles. The quantitative estimate of drug-likeness (QED) is 0.248. The van der Waals surface area contributed by atoms with E-state index in [9.17, 15) is 0 Å². The van der Waals surface area contributed by atoms with Gasteiger partial charge in [-0.05, 0) is 48.7 Å². The zero-order valence-electron chi connectivity index (χ0n) is 18.0. The second-order valence-electron chi connectivity index (χ2n) is 6.57. The average Bonchev–Trinajstić information content (AvgIpc) is 3.32. The first kappa shape index (κ1) is 24.4. The van der Waals surface area contributed by atoms with Crippen molar-refractivity contribution in [3.63, 3.8) is 0 Å². The summed E-state index contributed by atoms with van der Waals surface area (Å²) < 4.78 is 12.4. The molecule has 0 amide bonds. The molecule has 0 bridgehead atoms. The summed E-state index contributed by atoms with van der Waals surface area (Å²) in [5, 5.41) is 10.8. The summed E-state index contributed by atoms with van der Waals surface area (Å²) in [5.74, 6) is 2.27. The predicted octanol–water partition coefficient (Wildman–Crippen LogP) is 3.20. The molecule has 3 rings (SSSR count). The van der Waals surface area contributed by atoms with Gasteiger partial charge in [-0.1, -0.05) is 18.2 Å². The van der Waals surface area contributed by atoms with Crippen LogP contribution in [0.1, 0.15) is 18.1 Å². The van der Waals surface area contributed by atoms with Crippen molar-refractivity contribution in [2.75, 3.05) is 27.3 Å². The lowest BCUT2D eigenvalue weighted by Gasteiger charge is -2.13. The SMILES string of the molecule is CCNC(=NCc1ccc(-n2cncn2)cc1)NCCc1ccc(OC)c(OC)c1.I. The number of hydrogen-bond acceptors (Lipinski definition) is 5. The highest BCUT2D eigenvalue weighted by molar-refractivity contribution is 14.0. The molecular weight excluding hydrogens is 507 g/mol. The molecule has 0 aliphatic heterocycles. The van der Waals surface area contributed by atoms with Gasteiger partial charge in [0.2, 0.25) is 0 Å². The molecular formula is C22H29IN6O2. The van der Waals surface area contributed by atoms with Gasteiger partial charge in [0.15, 0.2) is 17.5 Å². The van der Waals surface area contributed by atoms with Crippen LogP contribution in [0.25, 0.3) is 5.69 Å². The molecule has 0 radical (unpaired) electrons. The number of nitrogens with one attached hydrogen (secondary N) is 2. The van der Waals surface area contributed by atoms with Crippen LogP contribution >= 0.6 is 24.0 Å². The maximum absolute atomic E-state index is 5.37. The van der Waals surface area contributed by atoms with E-state index in [1.54, 1.807) is 25.2 Å². The Hall–Kier alpha value is -2.82. The molecule has 166 valence electrons. The maximum Gasteiger partial charge on any atom is 0.191 e. The van der Waals surface area contributed by atoms with Crippen LogP contribution in [0.2, 0.25) is 0 Å². The minimum atomic E-state index is 0. The topological polar surface area (TPSA) is 85.6 Å². The predicted molar refractivity (Wildman–Crippen MR) is 133 cm³/mol. The summed E-state index contributed by atoms with van der Waals surface area (Å²) in [4.78, 5) is 8.65. The van der Waals surface area contributed by atoms with E-state index in [2.05, 4.69) is 32.6 Å². The van der Waals surface area contributed by atoms with Gasteiger partial charge < -0.3 is 20.1 Å². The summed E-state index contributed by atoms with van der Waals surface area (Å²) in [6.07, 6.45) is 4.05. The number of rotatable bonds is 9. The third kappa shape index (κ3) is 7.12. The molecule has 0 spiro atoms. The lowest BCUT2D eigenvalue weighted by atomic mass is 10.1. The standard InChI is InChI=1S/C22H28N6O2.HI/c1-4-24-22(25-12-11-17-7-10-20(29-2)21(13-17)30-3)26-14-18-5-8-19(9-6-18)28-16-23-15-27-28;/h5-10,13,15-16H,4,11-12,14H2,1-3H3,(H2,24,25,26);1H. The Labute approximate surface area is 200 Å². The zero-order chi connectivity index (χ0) is 21.2. The molecule has 0 aliphatic rings. The Morgan fingerprint density at radius 2 is 1.74 bits per heavy atom. The highest BCUT2D eigenvalue weighted by atomic mass is 127. The van der Waals surface area contributed by atoms with Crippen LogP contribution in [0.4, 0.5) is 0 Å². The molecule has 0 saturated heterocycles. The van der Waals surface area contributed by atoms with Crippen molar-refractivity contribution in [3.05, 3.63) is 66.2 Å². The van der Waals surface area contributed by atoms with Gasteiger partial charge >= 0.3 is 0 Å². The van der Waals surface area contributed by atoms with Crippen molar-refractivity contribution >= 4 is 29.9 Å². The lowest BCUT2D eigenvalue weighted by molar-refractivity contribution is 0.354. The highest BCUT2D eigenvalue weighted by Gasteiger charge is 2.05. The van der Waals surface area contributed by atoms with Gasteiger partial charge in [-0.2, -0.15) is 5.10 Å². The number of aromatic nitrogens is 3. The van der Waals surface area contributed by atoms with Crippen LogP contribution in [-0.4, -0.2) is 48.0 Å². The molecule has 9 heteroatoms. The van der Waals surface area contributed by atoms with Crippen molar-refractivity contribution in [1.29, 1.82) is 0 Å². The normalized spacial score (nSPS) is 10.9. The molecule has 3 aromatic rings. The smallest absolute Gasteiger partial charge is 0.191 e. The largest absolute Gasteiger partial charge is 0.493 e. The van der Waals surface area contributed by atoms with Gasteiger partial charge in [0.1, 0.15) is 12.7 Å². The van der Waals surface area contributed by atoms with Gasteiger partial charge in [0, 0.05) is 13.1 Å². The monoisotopic (exact) mass is 536 g/mol. The zero-order valence-corrected chi connectivity index (χ0v) is 20.4. The molecule has 8 nitrogen and oxygen atoms in total. The first-order valence-electron chi connectivity index (χ1n) is 9.90. The van der Waals surface area contributed by atoms with E-state index in [-0.39, 0.29) is 24.0 Å². The first-order valence-corrected chi connectivity index (χ1v) is 9.90. The highest BCUT2D eigenvalue weighted by Crippen LogP contribution is 2.27.